The predicted molar refractivity (Wildman–Crippen MR) is 493 cm³/mol. The maximum absolute atomic E-state index is 15.0. The van der Waals surface area contributed by atoms with Crippen molar-refractivity contribution in [2.75, 3.05) is 60.4 Å². The number of likely N-dealkylation sites (tertiary alicyclic amines) is 3. The van der Waals surface area contributed by atoms with Gasteiger partial charge in [-0.25, -0.2) is 14.0 Å². The van der Waals surface area contributed by atoms with Crippen molar-refractivity contribution < 1.29 is 57.8 Å². The summed E-state index contributed by atoms with van der Waals surface area (Å²) in [4.78, 5) is 164. The van der Waals surface area contributed by atoms with E-state index in [0.29, 0.717) is 17.1 Å². The molecule has 36 heteroatoms. The maximum atomic E-state index is 15.0. The second-order valence-corrected chi connectivity index (χ2v) is 39.6. The van der Waals surface area contributed by atoms with Crippen molar-refractivity contribution in [3.05, 3.63) is 177 Å². The van der Waals surface area contributed by atoms with Crippen LogP contribution in [0.2, 0.25) is 0 Å². The normalized spacial score (nSPS) is 21.8. The number of aliphatic hydroxyl groups excluding tert-OH is 1. The van der Waals surface area contributed by atoms with E-state index in [1.165, 1.54) is 18.2 Å². The fourth-order valence-electron chi connectivity index (χ4n) is 18.8. The molecule has 3 saturated heterocycles. The molecule has 13 rings (SSSR count). The zero-order valence-electron chi connectivity index (χ0n) is 78.8. The first-order chi connectivity index (χ1) is 62.9. The molecular formula is C96H134N24O12. The molecule has 1 unspecified atom stereocenters. The highest BCUT2D eigenvalue weighted by atomic mass is 16.3. The highest BCUT2D eigenvalue weighted by Crippen LogP contribution is 2.39. The van der Waals surface area contributed by atoms with E-state index in [1.807, 2.05) is 117 Å². The van der Waals surface area contributed by atoms with Crippen LogP contribution in [0.1, 0.15) is 260 Å². The Morgan fingerprint density at radius 2 is 0.712 bits per heavy atom. The SMILES string of the molecule is CN[C@@H](C)C(=O)N[C@H](C(=O)N1C[C@@H](n2cc(CCNC(=O)c3cc(C(=O)NCCc4cn([C@H]5C[C@@H](C(=O)N[C@@H]6CCCc7ccccc76)N(C(=O)[C@@H](NC(=O)[C@H](C)NC)C(C)(C)C)C5)nn4)cc(C(O)NCCc4cn([C@H]5C[C@@H](C(=O)N[C@@H]6CCCc7ccccc76)N(C(=O)[C@@H](NC(=O)[C@H](C)NC)C(C)(C)C)C5)nn4)c3)nn2)C[C@H]1C(=O)N[C@@H]1CCCc2ccccc21)C(C)(C)C. The minimum atomic E-state index is -1.46. The van der Waals surface area contributed by atoms with Gasteiger partial charge in [0.1, 0.15) is 42.5 Å². The summed E-state index contributed by atoms with van der Waals surface area (Å²) < 4.78 is 4.90. The lowest BCUT2D eigenvalue weighted by molar-refractivity contribution is -0.144. The monoisotopic (exact) mass is 1820 g/mol. The Labute approximate surface area is 772 Å². The molecule has 7 aromatic rings. The molecule has 16 atom stereocenters. The van der Waals surface area contributed by atoms with Gasteiger partial charge in [-0.05, 0) is 173 Å². The zero-order chi connectivity index (χ0) is 94.8. The van der Waals surface area contributed by atoms with Gasteiger partial charge in [-0.3, -0.25) is 58.1 Å². The molecule has 0 saturated carbocycles. The first-order valence-corrected chi connectivity index (χ1v) is 46.7. The van der Waals surface area contributed by atoms with Crippen molar-refractivity contribution in [1.82, 2.24) is 123 Å². The van der Waals surface area contributed by atoms with Crippen LogP contribution in [0.15, 0.2) is 110 Å². The van der Waals surface area contributed by atoms with Crippen LogP contribution in [0.4, 0.5) is 0 Å². The Kier molecular flexibility index (Phi) is 31.4. The number of hydrogen-bond acceptors (Lipinski definition) is 22. The molecule has 36 nitrogen and oxygen atoms in total. The summed E-state index contributed by atoms with van der Waals surface area (Å²) in [7, 11) is 4.98. The summed E-state index contributed by atoms with van der Waals surface area (Å²) in [5, 5.41) is 75.8. The number of amides is 11. The predicted octanol–water partition coefficient (Wildman–Crippen LogP) is 4.65. The largest absolute Gasteiger partial charge is 0.374 e. The first-order valence-electron chi connectivity index (χ1n) is 46.7. The number of carbonyl (C=O) groups excluding carboxylic acids is 11. The molecule has 3 aliphatic carbocycles. The molecule has 0 bridgehead atoms. The molecule has 3 aromatic heterocycles. The van der Waals surface area contributed by atoms with Crippen LogP contribution in [-0.4, -0.2) is 245 Å². The number of rotatable bonds is 34. The van der Waals surface area contributed by atoms with Crippen molar-refractivity contribution in [2.45, 2.75) is 276 Å². The third-order valence-electron chi connectivity index (χ3n) is 27.0. The molecule has 0 radical (unpaired) electrons. The average Bonchev–Trinajstić information content (AvgIpc) is 1.64. The van der Waals surface area contributed by atoms with Gasteiger partial charge in [-0.1, -0.05) is 151 Å². The van der Waals surface area contributed by atoms with Gasteiger partial charge in [0, 0.05) is 108 Å². The van der Waals surface area contributed by atoms with Crippen LogP contribution < -0.4 is 63.8 Å². The number of carbonyl (C=O) groups is 11. The summed E-state index contributed by atoms with van der Waals surface area (Å²) in [5.41, 5.74) is 6.01. The fourth-order valence-corrected chi connectivity index (χ4v) is 18.8. The van der Waals surface area contributed by atoms with Crippen LogP contribution >= 0.6 is 0 Å². The van der Waals surface area contributed by atoms with Crippen LogP contribution in [0, 0.1) is 16.2 Å². The lowest BCUT2D eigenvalue weighted by Gasteiger charge is -2.36. The van der Waals surface area contributed by atoms with E-state index in [2.05, 4.69) is 113 Å². The topological polar surface area (TPSA) is 454 Å². The zero-order valence-corrected chi connectivity index (χ0v) is 78.8. The Hall–Kier alpha value is -11.7. The average molecular weight is 1820 g/mol. The molecule has 11 amide bonds. The summed E-state index contributed by atoms with van der Waals surface area (Å²) in [6.07, 6.45) is 12.3. The van der Waals surface area contributed by atoms with Crippen molar-refractivity contribution in [3.8, 4) is 0 Å². The van der Waals surface area contributed by atoms with E-state index < -0.39 is 125 Å². The number of hydrogen-bond donors (Lipinski definition) is 13. The molecule has 710 valence electrons. The maximum Gasteiger partial charge on any atom is 0.251 e. The number of fused-ring (bicyclic) bond motifs is 3. The second kappa shape index (κ2) is 42.4. The molecule has 4 aromatic carbocycles. The van der Waals surface area contributed by atoms with Gasteiger partial charge in [-0.15, -0.1) is 15.3 Å². The van der Waals surface area contributed by atoms with E-state index in [0.717, 1.165) is 91.2 Å². The summed E-state index contributed by atoms with van der Waals surface area (Å²) in [6, 6.07) is 18.5. The smallest absolute Gasteiger partial charge is 0.251 e. The van der Waals surface area contributed by atoms with Gasteiger partial charge in [0.2, 0.25) is 53.2 Å². The lowest BCUT2D eigenvalue weighted by atomic mass is 9.85. The Bertz CT molecular complexity index is 5100. The Balaban J connectivity index is 0.712. The Morgan fingerprint density at radius 3 is 1.01 bits per heavy atom. The molecule has 132 heavy (non-hydrogen) atoms. The van der Waals surface area contributed by atoms with Crippen molar-refractivity contribution in [3.63, 3.8) is 0 Å². The van der Waals surface area contributed by atoms with Gasteiger partial charge in [0.25, 0.3) is 11.8 Å². The van der Waals surface area contributed by atoms with Crippen LogP contribution in [-0.2, 0) is 81.7 Å². The minimum absolute atomic E-state index is 0.0293. The van der Waals surface area contributed by atoms with E-state index in [-0.39, 0.29) is 148 Å². The highest BCUT2D eigenvalue weighted by Gasteiger charge is 2.51. The number of aromatic nitrogens is 9. The Morgan fingerprint density at radius 1 is 0.417 bits per heavy atom. The first kappa shape index (κ1) is 97.8. The van der Waals surface area contributed by atoms with Gasteiger partial charge in [-0.2, -0.15) is 0 Å². The number of aryl methyl sites for hydroxylation is 3. The fraction of sp³-hybridized carbons (Fsp3) is 0.573. The molecule has 6 heterocycles. The number of nitrogens with one attached hydrogen (secondary N) is 12. The highest BCUT2D eigenvalue weighted by molar-refractivity contribution is 6.01. The van der Waals surface area contributed by atoms with E-state index in [4.69, 9.17) is 0 Å². The third kappa shape index (κ3) is 23.3. The lowest BCUT2D eigenvalue weighted by Crippen LogP contribution is -2.59. The van der Waals surface area contributed by atoms with Crippen molar-refractivity contribution in [1.29, 1.82) is 0 Å². The van der Waals surface area contributed by atoms with Crippen molar-refractivity contribution >= 4 is 65.0 Å². The van der Waals surface area contributed by atoms with Crippen LogP contribution in [0.25, 0.3) is 0 Å². The van der Waals surface area contributed by atoms with E-state index >= 15 is 14.4 Å². The minimum Gasteiger partial charge on any atom is -0.374 e. The number of nitrogens with zero attached hydrogens (tertiary/aromatic N) is 12. The molecule has 3 aliphatic heterocycles. The van der Waals surface area contributed by atoms with Gasteiger partial charge < -0.3 is 78.3 Å². The van der Waals surface area contributed by atoms with E-state index in [9.17, 15) is 43.5 Å². The third-order valence-corrected chi connectivity index (χ3v) is 27.0. The summed E-state index contributed by atoms with van der Waals surface area (Å²) in [5.74, 6) is -4.50. The van der Waals surface area contributed by atoms with Gasteiger partial charge in [0.15, 0.2) is 0 Å². The number of benzene rings is 4. The standard InChI is InChI=1S/C96H134N24O12/c1-55(97-13)82(121)106-79(94(4,5)6)91(130)115-52-67(46-76(115)88(127)103-73-34-22-28-58-25-16-19-31-70(58)73)118-49-64(109-112-118)37-40-100-85(124)61-43-62(86(125)101-41-38-65-50-119(113-110-65)68-47-77(89(128)104-74-35-23-29-59-26-17-20-32-71(59)74)116(53-68)92(131)80(95(7,8)9)107-83(122)56(2)98-14)45-63(44-61)87(126)102-42-39-66-51-120(114-111-66)69-48-78(90(129)105-75-36-24-30-60-27-18-21-33-72(60)75)117(54-69)93(132)81(96(10,11)12)108-84(123)57(3)99-15/h16-21,25-27,31-33,43-45,49-51,55-57,67-69,73-81,85,97-100,124H,22-24,28-30,34-42,46-48,52-54H2,1-15H3,(H,101,125)(H,102,126)(H,103,127)(H,104,128)(H,105,129)(H,106,121)(H,107,122)(H,108,123)/t55-,56-,57-,67-,68-,69-,73+,74+,75+,76-,77-,78-,79+,80+,81+,85?/m0/s1. The van der Waals surface area contributed by atoms with Crippen LogP contribution in [0.3, 0.4) is 0 Å². The van der Waals surface area contributed by atoms with Gasteiger partial charge >= 0.3 is 0 Å². The number of aliphatic hydroxyl groups is 1. The summed E-state index contributed by atoms with van der Waals surface area (Å²) in [6.45, 7) is 22.3. The summed E-state index contributed by atoms with van der Waals surface area (Å²) >= 11 is 0. The quantitative estimate of drug-likeness (QED) is 0.0244. The van der Waals surface area contributed by atoms with E-state index in [1.54, 1.807) is 89.2 Å². The molecule has 3 fully saturated rings. The number of likely N-dealkylation sites (N-methyl/N-ethyl adjacent to an activating group) is 3. The molecule has 0 spiro atoms. The molecule has 13 N–H and O–H groups in total. The molecule has 6 aliphatic rings. The van der Waals surface area contributed by atoms with Crippen molar-refractivity contribution in [2.24, 2.45) is 16.2 Å². The van der Waals surface area contributed by atoms with Crippen LogP contribution in [0.5, 0.6) is 0 Å². The second-order valence-electron chi connectivity index (χ2n) is 39.6. The molecular weight excluding hydrogens is 1680 g/mol. The van der Waals surface area contributed by atoms with Gasteiger partial charge in [0.05, 0.1) is 71.5 Å².